The van der Waals surface area contributed by atoms with Crippen LogP contribution in [0.4, 0.5) is 0 Å². The highest BCUT2D eigenvalue weighted by Gasteiger charge is 2.20. The third kappa shape index (κ3) is 6.00. The number of rotatable bonds is 5. The molecule has 98 valence electrons. The maximum Gasteiger partial charge on any atom is 0.276 e. The second-order valence-electron chi connectivity index (χ2n) is 4.14. The third-order valence-electron chi connectivity index (χ3n) is 2.72. The largest absolute Gasteiger partial charge is 0.328 e. The maximum atomic E-state index is 11.3. The SMILES string of the molecule is CCNS(=O)(=O)NCC1CCCC(N)C1.Cl. The van der Waals surface area contributed by atoms with Gasteiger partial charge in [-0.05, 0) is 25.2 Å². The van der Waals surface area contributed by atoms with Crippen molar-refractivity contribution in [3.8, 4) is 0 Å². The highest BCUT2D eigenvalue weighted by Crippen LogP contribution is 2.22. The van der Waals surface area contributed by atoms with Crippen LogP contribution in [-0.4, -0.2) is 27.5 Å². The Kier molecular flexibility index (Phi) is 7.50. The molecule has 16 heavy (non-hydrogen) atoms. The summed E-state index contributed by atoms with van der Waals surface area (Å²) in [6, 6.07) is 0.243. The predicted octanol–water partition coefficient (Wildman–Crippen LogP) is 0.370. The zero-order valence-corrected chi connectivity index (χ0v) is 11.2. The average Bonchev–Trinajstić information content (AvgIpc) is 2.15. The Morgan fingerprint density at radius 2 is 2.00 bits per heavy atom. The fourth-order valence-corrected chi connectivity index (χ4v) is 2.92. The molecule has 0 aromatic heterocycles. The van der Waals surface area contributed by atoms with Crippen molar-refractivity contribution < 1.29 is 8.42 Å². The Labute approximate surface area is 104 Å². The van der Waals surface area contributed by atoms with Crippen molar-refractivity contribution in [1.82, 2.24) is 9.44 Å². The van der Waals surface area contributed by atoms with Gasteiger partial charge in [0, 0.05) is 19.1 Å². The molecule has 0 aliphatic heterocycles. The molecule has 1 aliphatic rings. The van der Waals surface area contributed by atoms with Crippen LogP contribution in [-0.2, 0) is 10.2 Å². The molecule has 5 nitrogen and oxygen atoms in total. The summed E-state index contributed by atoms with van der Waals surface area (Å²) in [5.41, 5.74) is 5.83. The van der Waals surface area contributed by atoms with Crippen molar-refractivity contribution in [3.05, 3.63) is 0 Å². The minimum atomic E-state index is -3.29. The first-order chi connectivity index (χ1) is 7.03. The molecule has 0 spiro atoms. The number of nitrogens with two attached hydrogens (primary N) is 1. The molecule has 0 aromatic carbocycles. The van der Waals surface area contributed by atoms with Crippen LogP contribution in [0.5, 0.6) is 0 Å². The minimum Gasteiger partial charge on any atom is -0.328 e. The zero-order chi connectivity index (χ0) is 11.3. The summed E-state index contributed by atoms with van der Waals surface area (Å²) in [4.78, 5) is 0. The first-order valence-corrected chi connectivity index (χ1v) is 7.01. The van der Waals surface area contributed by atoms with E-state index in [9.17, 15) is 8.42 Å². The molecule has 7 heteroatoms. The van der Waals surface area contributed by atoms with Gasteiger partial charge in [0.2, 0.25) is 0 Å². The van der Waals surface area contributed by atoms with E-state index in [1.165, 1.54) is 0 Å². The standard InChI is InChI=1S/C9H21N3O2S.ClH/c1-2-11-15(13,14)12-7-8-4-3-5-9(10)6-8;/h8-9,11-12H,2-7,10H2,1H3;1H. The Morgan fingerprint density at radius 3 is 2.56 bits per heavy atom. The molecular formula is C9H22ClN3O2S. The van der Waals surface area contributed by atoms with Gasteiger partial charge in [0.15, 0.2) is 0 Å². The molecule has 0 saturated heterocycles. The molecule has 2 unspecified atom stereocenters. The van der Waals surface area contributed by atoms with E-state index in [2.05, 4.69) is 9.44 Å². The summed E-state index contributed by atoms with van der Waals surface area (Å²) in [7, 11) is -3.29. The summed E-state index contributed by atoms with van der Waals surface area (Å²) in [5, 5.41) is 0. The first kappa shape index (κ1) is 16.1. The molecule has 1 rings (SSSR count). The summed E-state index contributed by atoms with van der Waals surface area (Å²) >= 11 is 0. The maximum absolute atomic E-state index is 11.3. The Balaban J connectivity index is 0.00000225. The van der Waals surface area contributed by atoms with Crippen LogP contribution in [0.1, 0.15) is 32.6 Å². The van der Waals surface area contributed by atoms with Gasteiger partial charge in [-0.2, -0.15) is 8.42 Å². The molecule has 0 amide bonds. The fourth-order valence-electron chi connectivity index (χ4n) is 1.99. The van der Waals surface area contributed by atoms with Gasteiger partial charge in [-0.25, -0.2) is 9.44 Å². The lowest BCUT2D eigenvalue weighted by atomic mass is 9.86. The molecule has 0 heterocycles. The minimum absolute atomic E-state index is 0. The van der Waals surface area contributed by atoms with Gasteiger partial charge in [-0.3, -0.25) is 0 Å². The van der Waals surface area contributed by atoms with Gasteiger partial charge in [0.25, 0.3) is 10.2 Å². The lowest BCUT2D eigenvalue weighted by Gasteiger charge is -2.26. The van der Waals surface area contributed by atoms with Crippen LogP contribution in [0.15, 0.2) is 0 Å². The smallest absolute Gasteiger partial charge is 0.276 e. The van der Waals surface area contributed by atoms with Gasteiger partial charge in [0.05, 0.1) is 0 Å². The second-order valence-corrected chi connectivity index (χ2v) is 5.73. The van der Waals surface area contributed by atoms with Crippen molar-refractivity contribution >= 4 is 22.6 Å². The third-order valence-corrected chi connectivity index (χ3v) is 3.94. The highest BCUT2D eigenvalue weighted by molar-refractivity contribution is 7.87. The molecular weight excluding hydrogens is 250 g/mol. The highest BCUT2D eigenvalue weighted by atomic mass is 35.5. The van der Waals surface area contributed by atoms with E-state index in [1.807, 2.05) is 0 Å². The molecule has 0 aromatic rings. The van der Waals surface area contributed by atoms with Crippen LogP contribution in [0, 0.1) is 5.92 Å². The van der Waals surface area contributed by atoms with Crippen molar-refractivity contribution in [2.75, 3.05) is 13.1 Å². The molecule has 2 atom stereocenters. The number of nitrogens with one attached hydrogen (secondary N) is 2. The Hall–Kier alpha value is 0.120. The molecule has 0 bridgehead atoms. The van der Waals surface area contributed by atoms with Gasteiger partial charge >= 0.3 is 0 Å². The van der Waals surface area contributed by atoms with Crippen LogP contribution >= 0.6 is 12.4 Å². The topological polar surface area (TPSA) is 84.2 Å². The fraction of sp³-hybridized carbons (Fsp3) is 1.00. The average molecular weight is 272 g/mol. The number of hydrogen-bond acceptors (Lipinski definition) is 3. The Bertz CT molecular complexity index is 284. The van der Waals surface area contributed by atoms with Crippen molar-refractivity contribution in [3.63, 3.8) is 0 Å². The molecule has 4 N–H and O–H groups in total. The van der Waals surface area contributed by atoms with Crippen LogP contribution in [0.25, 0.3) is 0 Å². The summed E-state index contributed by atoms with van der Waals surface area (Å²) in [5.74, 6) is 0.391. The number of hydrogen-bond donors (Lipinski definition) is 3. The second kappa shape index (κ2) is 7.45. The monoisotopic (exact) mass is 271 g/mol. The summed E-state index contributed by atoms with van der Waals surface area (Å²) < 4.78 is 27.6. The van der Waals surface area contributed by atoms with E-state index < -0.39 is 10.2 Å². The van der Waals surface area contributed by atoms with Crippen molar-refractivity contribution in [1.29, 1.82) is 0 Å². The molecule has 1 fully saturated rings. The molecule has 1 aliphatic carbocycles. The van der Waals surface area contributed by atoms with E-state index in [1.54, 1.807) is 6.92 Å². The van der Waals surface area contributed by atoms with Crippen LogP contribution in [0.2, 0.25) is 0 Å². The van der Waals surface area contributed by atoms with Crippen molar-refractivity contribution in [2.45, 2.75) is 38.6 Å². The predicted molar refractivity (Wildman–Crippen MR) is 67.8 cm³/mol. The van der Waals surface area contributed by atoms with E-state index in [4.69, 9.17) is 5.73 Å². The Morgan fingerprint density at radius 1 is 1.31 bits per heavy atom. The van der Waals surface area contributed by atoms with Gasteiger partial charge in [0.1, 0.15) is 0 Å². The van der Waals surface area contributed by atoms with Gasteiger partial charge in [-0.1, -0.05) is 13.3 Å². The van der Waals surface area contributed by atoms with Crippen molar-refractivity contribution in [2.24, 2.45) is 11.7 Å². The van der Waals surface area contributed by atoms with E-state index in [0.717, 1.165) is 25.7 Å². The summed E-state index contributed by atoms with van der Waals surface area (Å²) in [6.45, 7) is 2.68. The van der Waals surface area contributed by atoms with Crippen LogP contribution < -0.4 is 15.2 Å². The summed E-state index contributed by atoms with van der Waals surface area (Å²) in [6.07, 6.45) is 4.17. The lowest BCUT2D eigenvalue weighted by Crippen LogP contribution is -2.41. The lowest BCUT2D eigenvalue weighted by molar-refractivity contribution is 0.322. The zero-order valence-electron chi connectivity index (χ0n) is 9.61. The normalized spacial score (nSPS) is 26.1. The number of halogens is 1. The van der Waals surface area contributed by atoms with E-state index >= 15 is 0 Å². The van der Waals surface area contributed by atoms with E-state index in [0.29, 0.717) is 19.0 Å². The molecule has 0 radical (unpaired) electrons. The van der Waals surface area contributed by atoms with E-state index in [-0.39, 0.29) is 18.4 Å². The van der Waals surface area contributed by atoms with Gasteiger partial charge in [-0.15, -0.1) is 12.4 Å². The van der Waals surface area contributed by atoms with Crippen LogP contribution in [0.3, 0.4) is 0 Å². The molecule has 1 saturated carbocycles. The quantitative estimate of drug-likeness (QED) is 0.675. The first-order valence-electron chi connectivity index (χ1n) is 5.53. The van der Waals surface area contributed by atoms with Gasteiger partial charge < -0.3 is 5.73 Å².